The molecule has 2 heterocycles. The van der Waals surface area contributed by atoms with Crippen molar-refractivity contribution in [1.29, 1.82) is 0 Å². The molecule has 1 atom stereocenters. The second kappa shape index (κ2) is 4.65. The van der Waals surface area contributed by atoms with Crippen LogP contribution in [0.1, 0.15) is 37.3 Å². The Kier molecular flexibility index (Phi) is 3.02. The molecule has 0 aromatic heterocycles. The molecule has 2 nitrogen and oxygen atoms in total. The van der Waals surface area contributed by atoms with Gasteiger partial charge in [0.25, 0.3) is 0 Å². The van der Waals surface area contributed by atoms with Gasteiger partial charge in [-0.1, -0.05) is 0 Å². The van der Waals surface area contributed by atoms with Crippen LogP contribution in [0.2, 0.25) is 0 Å². The number of benzene rings is 1. The number of hydrogen-bond donors (Lipinski definition) is 1. The van der Waals surface area contributed by atoms with Gasteiger partial charge in [0.05, 0.1) is 0 Å². The summed E-state index contributed by atoms with van der Waals surface area (Å²) in [5.41, 5.74) is 2.40. The quantitative estimate of drug-likeness (QED) is 0.846. The molecule has 1 N–H and O–H groups in total. The van der Waals surface area contributed by atoms with E-state index < -0.39 is 0 Å². The summed E-state index contributed by atoms with van der Waals surface area (Å²) in [4.78, 5) is 2.40. The van der Waals surface area contributed by atoms with Crippen LogP contribution in [0.25, 0.3) is 0 Å². The summed E-state index contributed by atoms with van der Waals surface area (Å²) in [6.45, 7) is 3.29. The highest BCUT2D eigenvalue weighted by molar-refractivity contribution is 5.56. The average molecular weight is 234 g/mol. The Balaban J connectivity index is 1.94. The number of hydrogen-bond acceptors (Lipinski definition) is 2. The molecule has 3 rings (SSSR count). The second-order valence-corrected chi connectivity index (χ2v) is 5.05. The molecule has 17 heavy (non-hydrogen) atoms. The van der Waals surface area contributed by atoms with Gasteiger partial charge < -0.3 is 10.2 Å². The minimum atomic E-state index is -0.114. The van der Waals surface area contributed by atoms with E-state index in [1.165, 1.54) is 24.9 Å². The molecule has 2 fully saturated rings. The SMILES string of the molecule is Fc1ccc(N2CCCC2)c(C2CCCN2)c1. The van der Waals surface area contributed by atoms with E-state index in [-0.39, 0.29) is 5.82 Å². The van der Waals surface area contributed by atoms with Crippen LogP contribution in [0, 0.1) is 5.82 Å². The largest absolute Gasteiger partial charge is 0.371 e. The number of anilines is 1. The zero-order chi connectivity index (χ0) is 11.7. The monoisotopic (exact) mass is 234 g/mol. The van der Waals surface area contributed by atoms with Crippen LogP contribution in [-0.4, -0.2) is 19.6 Å². The predicted molar refractivity (Wildman–Crippen MR) is 67.8 cm³/mol. The van der Waals surface area contributed by atoms with Crippen LogP contribution in [0.3, 0.4) is 0 Å². The number of rotatable bonds is 2. The number of nitrogens with one attached hydrogen (secondary N) is 1. The number of nitrogens with zero attached hydrogens (tertiary/aromatic N) is 1. The molecule has 1 unspecified atom stereocenters. The molecule has 0 aliphatic carbocycles. The molecule has 0 amide bonds. The van der Waals surface area contributed by atoms with Gasteiger partial charge in [0, 0.05) is 24.8 Å². The molecule has 0 spiro atoms. The molecule has 1 aromatic carbocycles. The van der Waals surface area contributed by atoms with Crippen molar-refractivity contribution in [3.63, 3.8) is 0 Å². The molecular weight excluding hydrogens is 215 g/mol. The van der Waals surface area contributed by atoms with Crippen molar-refractivity contribution >= 4 is 5.69 Å². The normalized spacial score (nSPS) is 24.5. The fraction of sp³-hybridized carbons (Fsp3) is 0.571. The lowest BCUT2D eigenvalue weighted by molar-refractivity contribution is 0.605. The van der Waals surface area contributed by atoms with Crippen LogP contribution in [0.5, 0.6) is 0 Å². The predicted octanol–water partition coefficient (Wildman–Crippen LogP) is 2.85. The maximum atomic E-state index is 13.4. The average Bonchev–Trinajstić information content (AvgIpc) is 3.02. The first kappa shape index (κ1) is 11.0. The second-order valence-electron chi connectivity index (χ2n) is 5.05. The van der Waals surface area contributed by atoms with E-state index in [1.54, 1.807) is 12.1 Å². The molecule has 2 saturated heterocycles. The van der Waals surface area contributed by atoms with E-state index >= 15 is 0 Å². The molecule has 2 aliphatic rings. The topological polar surface area (TPSA) is 15.3 Å². The summed E-state index contributed by atoms with van der Waals surface area (Å²) < 4.78 is 13.4. The van der Waals surface area contributed by atoms with Crippen molar-refractivity contribution in [3.05, 3.63) is 29.6 Å². The standard InChI is InChI=1S/C14H19FN2/c15-11-5-6-14(17-8-1-2-9-17)12(10-11)13-4-3-7-16-13/h5-6,10,13,16H,1-4,7-9H2. The highest BCUT2D eigenvalue weighted by Gasteiger charge is 2.23. The molecule has 1 aromatic rings. The van der Waals surface area contributed by atoms with Crippen molar-refractivity contribution in [3.8, 4) is 0 Å². The van der Waals surface area contributed by atoms with Gasteiger partial charge in [-0.25, -0.2) is 4.39 Å². The van der Waals surface area contributed by atoms with Gasteiger partial charge in [-0.3, -0.25) is 0 Å². The van der Waals surface area contributed by atoms with E-state index in [0.717, 1.165) is 31.6 Å². The lowest BCUT2D eigenvalue weighted by Gasteiger charge is -2.24. The Labute approximate surface area is 102 Å². The summed E-state index contributed by atoms with van der Waals surface area (Å²) in [5, 5.41) is 3.47. The van der Waals surface area contributed by atoms with Gasteiger partial charge >= 0.3 is 0 Å². The Bertz CT molecular complexity index is 393. The summed E-state index contributed by atoms with van der Waals surface area (Å²) in [6.07, 6.45) is 4.84. The van der Waals surface area contributed by atoms with Gasteiger partial charge in [0.1, 0.15) is 5.82 Å². The lowest BCUT2D eigenvalue weighted by Crippen LogP contribution is -2.22. The van der Waals surface area contributed by atoms with E-state index in [2.05, 4.69) is 10.2 Å². The van der Waals surface area contributed by atoms with E-state index in [9.17, 15) is 4.39 Å². The molecule has 0 bridgehead atoms. The molecule has 92 valence electrons. The molecule has 3 heteroatoms. The first-order valence-electron chi connectivity index (χ1n) is 6.62. The first-order valence-corrected chi connectivity index (χ1v) is 6.62. The summed E-state index contributed by atoms with van der Waals surface area (Å²) in [5.74, 6) is -0.114. The minimum Gasteiger partial charge on any atom is -0.371 e. The first-order chi connectivity index (χ1) is 8.34. The van der Waals surface area contributed by atoms with Crippen LogP contribution < -0.4 is 10.2 Å². The Hall–Kier alpha value is -1.09. The smallest absolute Gasteiger partial charge is 0.123 e. The van der Waals surface area contributed by atoms with Crippen molar-refractivity contribution in [1.82, 2.24) is 5.32 Å². The third-order valence-corrected chi connectivity index (χ3v) is 3.87. The Morgan fingerprint density at radius 3 is 2.71 bits per heavy atom. The van der Waals surface area contributed by atoms with Crippen molar-refractivity contribution in [2.24, 2.45) is 0 Å². The fourth-order valence-corrected chi connectivity index (χ4v) is 3.00. The zero-order valence-corrected chi connectivity index (χ0v) is 10.1. The molecule has 0 radical (unpaired) electrons. The van der Waals surface area contributed by atoms with E-state index in [1.807, 2.05) is 6.07 Å². The fourth-order valence-electron chi connectivity index (χ4n) is 3.00. The van der Waals surface area contributed by atoms with Crippen LogP contribution >= 0.6 is 0 Å². The van der Waals surface area contributed by atoms with Gasteiger partial charge in [0.2, 0.25) is 0 Å². The van der Waals surface area contributed by atoms with Crippen molar-refractivity contribution in [2.75, 3.05) is 24.5 Å². The maximum absolute atomic E-state index is 13.4. The Morgan fingerprint density at radius 1 is 1.18 bits per heavy atom. The molecule has 2 aliphatic heterocycles. The van der Waals surface area contributed by atoms with Crippen molar-refractivity contribution in [2.45, 2.75) is 31.7 Å². The molecule has 0 saturated carbocycles. The zero-order valence-electron chi connectivity index (χ0n) is 10.1. The maximum Gasteiger partial charge on any atom is 0.123 e. The summed E-state index contributed by atoms with van der Waals surface area (Å²) >= 11 is 0. The van der Waals surface area contributed by atoms with Gasteiger partial charge in [-0.05, 0) is 56.0 Å². The summed E-state index contributed by atoms with van der Waals surface area (Å²) in [7, 11) is 0. The van der Waals surface area contributed by atoms with E-state index in [0.29, 0.717) is 6.04 Å². The van der Waals surface area contributed by atoms with Crippen molar-refractivity contribution < 1.29 is 4.39 Å². The molecular formula is C14H19FN2. The van der Waals surface area contributed by atoms with Crippen LogP contribution in [-0.2, 0) is 0 Å². The third kappa shape index (κ3) is 2.16. The van der Waals surface area contributed by atoms with Crippen LogP contribution in [0.15, 0.2) is 18.2 Å². The highest BCUT2D eigenvalue weighted by atomic mass is 19.1. The Morgan fingerprint density at radius 2 is 2.00 bits per heavy atom. The van der Waals surface area contributed by atoms with Gasteiger partial charge in [-0.2, -0.15) is 0 Å². The minimum absolute atomic E-state index is 0.114. The van der Waals surface area contributed by atoms with Crippen LogP contribution in [0.4, 0.5) is 10.1 Å². The third-order valence-electron chi connectivity index (χ3n) is 3.87. The van der Waals surface area contributed by atoms with Gasteiger partial charge in [0.15, 0.2) is 0 Å². The number of halogens is 1. The van der Waals surface area contributed by atoms with Gasteiger partial charge in [-0.15, -0.1) is 0 Å². The summed E-state index contributed by atoms with van der Waals surface area (Å²) in [6, 6.07) is 5.61. The lowest BCUT2D eigenvalue weighted by atomic mass is 10.0. The highest BCUT2D eigenvalue weighted by Crippen LogP contribution is 2.33. The van der Waals surface area contributed by atoms with E-state index in [4.69, 9.17) is 0 Å².